The Kier molecular flexibility index (Phi) is 8.36. The first kappa shape index (κ1) is 22.3. The molecule has 0 aliphatic heterocycles. The zero-order valence-corrected chi connectivity index (χ0v) is 17.6. The summed E-state index contributed by atoms with van der Waals surface area (Å²) in [4.78, 5) is 15.2. The third kappa shape index (κ3) is 6.86. The van der Waals surface area contributed by atoms with E-state index in [1.807, 2.05) is 6.07 Å². The van der Waals surface area contributed by atoms with Gasteiger partial charge in [0.1, 0.15) is 5.82 Å². The zero-order chi connectivity index (χ0) is 20.6. The third-order valence-corrected chi connectivity index (χ3v) is 5.85. The van der Waals surface area contributed by atoms with E-state index in [2.05, 4.69) is 14.1 Å². The Hall–Kier alpha value is -2.01. The number of rotatable bonds is 10. The van der Waals surface area contributed by atoms with Crippen LogP contribution < -0.4 is 10.5 Å². The van der Waals surface area contributed by atoms with Crippen molar-refractivity contribution < 1.29 is 17.9 Å². The number of benzene rings is 1. The maximum atomic E-state index is 12.2. The zero-order valence-electron chi connectivity index (χ0n) is 15.2. The molecular weight excluding hydrogens is 424 g/mol. The maximum Gasteiger partial charge on any atom is 0.305 e. The predicted octanol–water partition coefficient (Wildman–Crippen LogP) is 2.60. The molecule has 0 bridgehead atoms. The van der Waals surface area contributed by atoms with E-state index in [0.29, 0.717) is 23.7 Å². The average molecular weight is 445 g/mol. The molecule has 0 aliphatic rings. The second-order valence-electron chi connectivity index (χ2n) is 5.64. The Balaban J connectivity index is 1.92. The van der Waals surface area contributed by atoms with E-state index >= 15 is 0 Å². The smallest absolute Gasteiger partial charge is 0.305 e. The fourth-order valence-corrected chi connectivity index (χ4v) is 4.18. The van der Waals surface area contributed by atoms with Gasteiger partial charge in [0.2, 0.25) is 15.2 Å². The van der Waals surface area contributed by atoms with Crippen LogP contribution in [-0.4, -0.2) is 36.1 Å². The van der Waals surface area contributed by atoms with Gasteiger partial charge in [0.25, 0.3) is 0 Å². The second kappa shape index (κ2) is 10.5. The van der Waals surface area contributed by atoms with Gasteiger partial charge in [-0.15, -0.1) is 0 Å². The molecule has 2 aromatic rings. The number of hydrogen-bond donors (Lipinski definition) is 2. The number of nitrogens with one attached hydrogen (secondary N) is 1. The SMILES string of the molecule is CCC(=O)OCCc1nsc(NS(=O)(=O)CC=Cc2cccc(Cl)c2CN)n1. The summed E-state index contributed by atoms with van der Waals surface area (Å²) in [6, 6.07) is 5.32. The van der Waals surface area contributed by atoms with Crippen molar-refractivity contribution in [3.63, 3.8) is 0 Å². The van der Waals surface area contributed by atoms with Gasteiger partial charge in [-0.2, -0.15) is 4.37 Å². The molecule has 3 N–H and O–H groups in total. The standard InChI is InChI=1S/C17H21ClN4O4S2/c1-2-16(23)26-9-8-15-20-17(27-21-15)22-28(24,25)10-4-6-12-5-3-7-14(18)13(12)11-19/h3-7H,2,8-11,19H2,1H3,(H,20,21,22). The van der Waals surface area contributed by atoms with E-state index in [1.54, 1.807) is 25.1 Å². The lowest BCUT2D eigenvalue weighted by molar-refractivity contribution is -0.143. The van der Waals surface area contributed by atoms with Gasteiger partial charge in [0.15, 0.2) is 0 Å². The average Bonchev–Trinajstić information content (AvgIpc) is 3.08. The molecule has 11 heteroatoms. The number of aromatic nitrogens is 2. The van der Waals surface area contributed by atoms with Crippen molar-refractivity contribution in [1.82, 2.24) is 9.36 Å². The Morgan fingerprint density at radius 1 is 1.43 bits per heavy atom. The van der Waals surface area contributed by atoms with Crippen molar-refractivity contribution in [3.05, 3.63) is 46.2 Å². The van der Waals surface area contributed by atoms with Crippen molar-refractivity contribution >= 4 is 50.3 Å². The van der Waals surface area contributed by atoms with E-state index < -0.39 is 10.0 Å². The summed E-state index contributed by atoms with van der Waals surface area (Å²) in [6.45, 7) is 2.11. The van der Waals surface area contributed by atoms with Crippen molar-refractivity contribution in [3.8, 4) is 0 Å². The van der Waals surface area contributed by atoms with Crippen LogP contribution in [0, 0.1) is 0 Å². The van der Waals surface area contributed by atoms with E-state index in [9.17, 15) is 13.2 Å². The highest BCUT2D eigenvalue weighted by molar-refractivity contribution is 7.93. The van der Waals surface area contributed by atoms with Crippen LogP contribution in [0.15, 0.2) is 24.3 Å². The molecule has 0 atom stereocenters. The molecule has 1 aromatic carbocycles. The van der Waals surface area contributed by atoms with Crippen molar-refractivity contribution in [2.45, 2.75) is 26.3 Å². The molecule has 0 unspecified atom stereocenters. The van der Waals surface area contributed by atoms with Gasteiger partial charge in [-0.05, 0) is 17.2 Å². The summed E-state index contributed by atoms with van der Waals surface area (Å²) in [5.41, 5.74) is 7.20. The number of nitrogens with two attached hydrogens (primary N) is 1. The van der Waals surface area contributed by atoms with Gasteiger partial charge in [-0.3, -0.25) is 9.52 Å². The molecular formula is C17H21ClN4O4S2. The number of sulfonamides is 1. The monoisotopic (exact) mass is 444 g/mol. The summed E-state index contributed by atoms with van der Waals surface area (Å²) in [5.74, 6) is -0.138. The number of carbonyl (C=O) groups excluding carboxylic acids is 1. The quantitative estimate of drug-likeness (QED) is 0.539. The predicted molar refractivity (Wildman–Crippen MR) is 111 cm³/mol. The van der Waals surface area contributed by atoms with Crippen LogP contribution in [0.25, 0.3) is 6.08 Å². The van der Waals surface area contributed by atoms with Crippen LogP contribution in [0.3, 0.4) is 0 Å². The topological polar surface area (TPSA) is 124 Å². The van der Waals surface area contributed by atoms with Crippen LogP contribution >= 0.6 is 23.1 Å². The molecule has 152 valence electrons. The number of hydrogen-bond acceptors (Lipinski definition) is 8. The molecule has 28 heavy (non-hydrogen) atoms. The number of carbonyl (C=O) groups is 1. The van der Waals surface area contributed by atoms with Crippen LogP contribution in [0.1, 0.15) is 30.3 Å². The molecule has 0 radical (unpaired) electrons. The van der Waals surface area contributed by atoms with Gasteiger partial charge >= 0.3 is 5.97 Å². The van der Waals surface area contributed by atoms with Crippen LogP contribution in [0.5, 0.6) is 0 Å². The van der Waals surface area contributed by atoms with Crippen molar-refractivity contribution in [1.29, 1.82) is 0 Å². The molecule has 0 fully saturated rings. The molecule has 1 aromatic heterocycles. The highest BCUT2D eigenvalue weighted by Crippen LogP contribution is 2.21. The highest BCUT2D eigenvalue weighted by Gasteiger charge is 2.13. The number of anilines is 1. The Bertz CT molecular complexity index is 944. The first-order valence-electron chi connectivity index (χ1n) is 8.47. The number of ether oxygens (including phenoxy) is 1. The van der Waals surface area contributed by atoms with Crippen LogP contribution in [-0.2, 0) is 32.5 Å². The minimum absolute atomic E-state index is 0.154. The molecule has 0 aliphatic carbocycles. The van der Waals surface area contributed by atoms with Gasteiger partial charge in [0.05, 0.1) is 12.4 Å². The molecule has 0 amide bonds. The lowest BCUT2D eigenvalue weighted by Gasteiger charge is -2.05. The summed E-state index contributed by atoms with van der Waals surface area (Å²) in [7, 11) is -3.64. The highest BCUT2D eigenvalue weighted by atomic mass is 35.5. The lowest BCUT2D eigenvalue weighted by atomic mass is 10.1. The molecule has 0 saturated heterocycles. The summed E-state index contributed by atoms with van der Waals surface area (Å²) < 4.78 is 35.8. The van der Waals surface area contributed by atoms with Gasteiger partial charge in [0, 0.05) is 35.9 Å². The summed E-state index contributed by atoms with van der Waals surface area (Å²) in [5, 5.41) is 0.701. The fraction of sp³-hybridized carbons (Fsp3) is 0.353. The Morgan fingerprint density at radius 2 is 2.21 bits per heavy atom. The number of nitrogens with zero attached hydrogens (tertiary/aromatic N) is 2. The number of halogens is 1. The molecule has 8 nitrogen and oxygen atoms in total. The minimum Gasteiger partial charge on any atom is -0.465 e. The van der Waals surface area contributed by atoms with Crippen LogP contribution in [0.2, 0.25) is 5.02 Å². The summed E-state index contributed by atoms with van der Waals surface area (Å²) in [6.07, 6.45) is 3.80. The first-order chi connectivity index (χ1) is 13.3. The Labute approximate surface area is 173 Å². The van der Waals surface area contributed by atoms with E-state index in [-0.39, 0.29) is 30.0 Å². The Morgan fingerprint density at radius 3 is 2.93 bits per heavy atom. The van der Waals surface area contributed by atoms with E-state index in [1.165, 1.54) is 6.08 Å². The molecule has 2 rings (SSSR count). The van der Waals surface area contributed by atoms with Crippen molar-refractivity contribution in [2.75, 3.05) is 17.1 Å². The molecule has 0 saturated carbocycles. The van der Waals surface area contributed by atoms with Gasteiger partial charge in [-0.1, -0.05) is 42.8 Å². The van der Waals surface area contributed by atoms with Crippen molar-refractivity contribution in [2.24, 2.45) is 5.73 Å². The number of esters is 1. The fourth-order valence-electron chi connectivity index (χ4n) is 2.18. The van der Waals surface area contributed by atoms with E-state index in [0.717, 1.165) is 22.7 Å². The van der Waals surface area contributed by atoms with Gasteiger partial charge in [-0.25, -0.2) is 13.4 Å². The summed E-state index contributed by atoms with van der Waals surface area (Å²) >= 11 is 7.01. The lowest BCUT2D eigenvalue weighted by Crippen LogP contribution is -2.15. The third-order valence-electron chi connectivity index (χ3n) is 3.56. The van der Waals surface area contributed by atoms with E-state index in [4.69, 9.17) is 22.1 Å². The molecule has 1 heterocycles. The first-order valence-corrected chi connectivity index (χ1v) is 11.3. The molecule has 0 spiro atoms. The normalized spacial score (nSPS) is 11.7. The largest absolute Gasteiger partial charge is 0.465 e. The van der Waals surface area contributed by atoms with Crippen LogP contribution in [0.4, 0.5) is 5.13 Å². The minimum atomic E-state index is -3.64. The second-order valence-corrected chi connectivity index (χ2v) is 8.56. The van der Waals surface area contributed by atoms with Gasteiger partial charge < -0.3 is 10.5 Å². The maximum absolute atomic E-state index is 12.2.